The first-order valence-corrected chi connectivity index (χ1v) is 6.30. The second-order valence-corrected chi connectivity index (χ2v) is 5.02. The van der Waals surface area contributed by atoms with Crippen molar-refractivity contribution in [3.05, 3.63) is 16.9 Å². The Balaban J connectivity index is 2.45. The first-order chi connectivity index (χ1) is 7.52. The summed E-state index contributed by atoms with van der Waals surface area (Å²) in [6.07, 6.45) is 4.54. The number of carbonyl (C=O) groups excluding carboxylic acids is 1. The topological polar surface area (TPSA) is 46.9 Å². The molecule has 1 aromatic rings. The summed E-state index contributed by atoms with van der Waals surface area (Å²) in [7, 11) is 0. The molecule has 16 heavy (non-hydrogen) atoms. The van der Waals surface area contributed by atoms with Crippen LogP contribution in [-0.2, 0) is 11.3 Å². The fourth-order valence-corrected chi connectivity index (χ4v) is 1.62. The number of hydrogen-bond donors (Lipinski definition) is 1. The van der Waals surface area contributed by atoms with Gasteiger partial charge in [-0.3, -0.25) is 9.48 Å². The third-order valence-electron chi connectivity index (χ3n) is 2.51. The lowest BCUT2D eigenvalue weighted by atomic mass is 10.1. The minimum absolute atomic E-state index is 0.0687. The molecule has 1 heterocycles. The van der Waals surface area contributed by atoms with E-state index in [0.29, 0.717) is 6.54 Å². The van der Waals surface area contributed by atoms with Crippen LogP contribution in [0.3, 0.4) is 0 Å². The number of halogens is 1. The SMILES string of the molecule is CC[C@@H](C)NC(=O)[C@@H](C)Cn1cc(Br)cn1. The van der Waals surface area contributed by atoms with E-state index in [9.17, 15) is 4.79 Å². The quantitative estimate of drug-likeness (QED) is 0.903. The minimum atomic E-state index is -0.0687. The van der Waals surface area contributed by atoms with Crippen molar-refractivity contribution in [3.8, 4) is 0 Å². The van der Waals surface area contributed by atoms with E-state index in [1.54, 1.807) is 10.9 Å². The van der Waals surface area contributed by atoms with Crippen molar-refractivity contribution in [3.63, 3.8) is 0 Å². The van der Waals surface area contributed by atoms with Crippen LogP contribution >= 0.6 is 15.9 Å². The summed E-state index contributed by atoms with van der Waals surface area (Å²) in [4.78, 5) is 11.8. The third-order valence-corrected chi connectivity index (χ3v) is 2.92. The largest absolute Gasteiger partial charge is 0.353 e. The van der Waals surface area contributed by atoms with Crippen molar-refractivity contribution in [2.75, 3.05) is 0 Å². The second-order valence-electron chi connectivity index (χ2n) is 4.10. The van der Waals surface area contributed by atoms with E-state index in [1.807, 2.05) is 20.0 Å². The number of rotatable bonds is 5. The molecule has 0 aromatic carbocycles. The van der Waals surface area contributed by atoms with Crippen LogP contribution in [0.2, 0.25) is 0 Å². The summed E-state index contributed by atoms with van der Waals surface area (Å²) >= 11 is 3.33. The molecule has 0 saturated heterocycles. The molecule has 0 aliphatic rings. The third kappa shape index (κ3) is 3.96. The Morgan fingerprint density at radius 2 is 2.31 bits per heavy atom. The van der Waals surface area contributed by atoms with Crippen LogP contribution in [0.15, 0.2) is 16.9 Å². The number of nitrogens with one attached hydrogen (secondary N) is 1. The van der Waals surface area contributed by atoms with Gasteiger partial charge in [-0.1, -0.05) is 13.8 Å². The molecule has 5 heteroatoms. The van der Waals surface area contributed by atoms with Gasteiger partial charge in [0, 0.05) is 12.2 Å². The Labute approximate surface area is 105 Å². The lowest BCUT2D eigenvalue weighted by Crippen LogP contribution is -2.37. The smallest absolute Gasteiger partial charge is 0.224 e. The Morgan fingerprint density at radius 3 is 2.81 bits per heavy atom. The number of aromatic nitrogens is 2. The van der Waals surface area contributed by atoms with Gasteiger partial charge in [0.25, 0.3) is 0 Å². The Kier molecular flexibility index (Phi) is 4.99. The van der Waals surface area contributed by atoms with Crippen molar-refractivity contribution < 1.29 is 4.79 Å². The molecule has 4 nitrogen and oxygen atoms in total. The molecule has 0 spiro atoms. The highest BCUT2D eigenvalue weighted by Gasteiger charge is 2.15. The number of amides is 1. The molecule has 0 bridgehead atoms. The first kappa shape index (κ1) is 13.2. The fraction of sp³-hybridized carbons (Fsp3) is 0.636. The van der Waals surface area contributed by atoms with Crippen LogP contribution in [0.25, 0.3) is 0 Å². The lowest BCUT2D eigenvalue weighted by Gasteiger charge is -2.16. The van der Waals surface area contributed by atoms with Crippen molar-refractivity contribution in [1.29, 1.82) is 0 Å². The molecule has 0 aliphatic carbocycles. The molecule has 0 saturated carbocycles. The Bertz CT molecular complexity index is 351. The van der Waals surface area contributed by atoms with Crippen molar-refractivity contribution in [2.24, 2.45) is 5.92 Å². The highest BCUT2D eigenvalue weighted by atomic mass is 79.9. The molecule has 0 aliphatic heterocycles. The van der Waals surface area contributed by atoms with E-state index in [4.69, 9.17) is 0 Å². The zero-order valence-electron chi connectivity index (χ0n) is 9.90. The normalized spacial score (nSPS) is 14.5. The molecule has 1 rings (SSSR count). The van der Waals surface area contributed by atoms with Crippen LogP contribution in [0, 0.1) is 5.92 Å². The van der Waals surface area contributed by atoms with Crippen LogP contribution < -0.4 is 5.32 Å². The molecule has 90 valence electrons. The average Bonchev–Trinajstić information content (AvgIpc) is 2.63. The zero-order chi connectivity index (χ0) is 12.1. The average molecular weight is 288 g/mol. The van der Waals surface area contributed by atoms with Gasteiger partial charge in [-0.2, -0.15) is 5.10 Å². The summed E-state index contributed by atoms with van der Waals surface area (Å²) in [6, 6.07) is 0.235. The van der Waals surface area contributed by atoms with Crippen LogP contribution in [0.1, 0.15) is 27.2 Å². The van der Waals surface area contributed by atoms with E-state index in [2.05, 4.69) is 33.3 Å². The number of hydrogen-bond acceptors (Lipinski definition) is 2. The monoisotopic (exact) mass is 287 g/mol. The van der Waals surface area contributed by atoms with E-state index >= 15 is 0 Å². The zero-order valence-corrected chi connectivity index (χ0v) is 11.5. The maximum atomic E-state index is 11.8. The van der Waals surface area contributed by atoms with Gasteiger partial charge in [-0.25, -0.2) is 0 Å². The van der Waals surface area contributed by atoms with Gasteiger partial charge >= 0.3 is 0 Å². The van der Waals surface area contributed by atoms with E-state index in [1.165, 1.54) is 0 Å². The molecular weight excluding hydrogens is 270 g/mol. The predicted octanol–water partition coefficient (Wildman–Crippen LogP) is 2.20. The molecule has 1 N–H and O–H groups in total. The Morgan fingerprint density at radius 1 is 1.62 bits per heavy atom. The van der Waals surface area contributed by atoms with Crippen LogP contribution in [0.5, 0.6) is 0 Å². The molecule has 0 unspecified atom stereocenters. The molecule has 1 aromatic heterocycles. The van der Waals surface area contributed by atoms with Crippen LogP contribution in [-0.4, -0.2) is 21.7 Å². The van der Waals surface area contributed by atoms with Gasteiger partial charge in [-0.05, 0) is 29.3 Å². The minimum Gasteiger partial charge on any atom is -0.353 e. The summed E-state index contributed by atoms with van der Waals surface area (Å²) in [5.74, 6) is 0.0155. The van der Waals surface area contributed by atoms with Gasteiger partial charge in [0.1, 0.15) is 0 Å². The fourth-order valence-electron chi connectivity index (χ4n) is 1.29. The van der Waals surface area contributed by atoms with Crippen molar-refractivity contribution in [2.45, 2.75) is 39.8 Å². The summed E-state index contributed by atoms with van der Waals surface area (Å²) < 4.78 is 2.70. The van der Waals surface area contributed by atoms with Crippen molar-refractivity contribution in [1.82, 2.24) is 15.1 Å². The van der Waals surface area contributed by atoms with Gasteiger partial charge < -0.3 is 5.32 Å². The highest BCUT2D eigenvalue weighted by molar-refractivity contribution is 9.10. The predicted molar refractivity (Wildman–Crippen MR) is 67.0 cm³/mol. The maximum Gasteiger partial charge on any atom is 0.224 e. The standard InChI is InChI=1S/C11H18BrN3O/c1-4-9(3)14-11(16)8(2)6-15-7-10(12)5-13-15/h5,7-9H,4,6H2,1-3H3,(H,14,16)/t8-,9+/m0/s1. The van der Waals surface area contributed by atoms with Gasteiger partial charge in [0.15, 0.2) is 0 Å². The van der Waals surface area contributed by atoms with E-state index in [0.717, 1.165) is 10.9 Å². The molecule has 0 fully saturated rings. The molecular formula is C11H18BrN3O. The first-order valence-electron chi connectivity index (χ1n) is 5.51. The van der Waals surface area contributed by atoms with E-state index < -0.39 is 0 Å². The lowest BCUT2D eigenvalue weighted by molar-refractivity contribution is -0.125. The molecule has 0 radical (unpaired) electrons. The second kappa shape index (κ2) is 6.03. The van der Waals surface area contributed by atoms with Gasteiger partial charge in [0.2, 0.25) is 5.91 Å². The van der Waals surface area contributed by atoms with Crippen molar-refractivity contribution >= 4 is 21.8 Å². The van der Waals surface area contributed by atoms with E-state index in [-0.39, 0.29) is 17.9 Å². The summed E-state index contributed by atoms with van der Waals surface area (Å²) in [5, 5.41) is 7.09. The van der Waals surface area contributed by atoms with Gasteiger partial charge in [-0.15, -0.1) is 0 Å². The maximum absolute atomic E-state index is 11.8. The molecule has 1 amide bonds. The van der Waals surface area contributed by atoms with Gasteiger partial charge in [0.05, 0.1) is 23.1 Å². The van der Waals surface area contributed by atoms with Crippen LogP contribution in [0.4, 0.5) is 0 Å². The summed E-state index contributed by atoms with van der Waals surface area (Å²) in [6.45, 7) is 6.58. The number of nitrogens with zero attached hydrogens (tertiary/aromatic N) is 2. The highest BCUT2D eigenvalue weighted by Crippen LogP contribution is 2.08. The number of carbonyl (C=O) groups is 1. The summed E-state index contributed by atoms with van der Waals surface area (Å²) in [5.41, 5.74) is 0. The Hall–Kier alpha value is -0.840. The molecule has 2 atom stereocenters.